The zero-order chi connectivity index (χ0) is 23.6. The van der Waals surface area contributed by atoms with Gasteiger partial charge in [-0.15, -0.1) is 0 Å². The van der Waals surface area contributed by atoms with E-state index in [9.17, 15) is 18.5 Å². The Morgan fingerprint density at radius 1 is 1.27 bits per heavy atom. The molecule has 0 radical (unpaired) electrons. The third-order valence-electron chi connectivity index (χ3n) is 5.38. The minimum absolute atomic E-state index is 0.0248. The number of anilines is 1. The highest BCUT2D eigenvalue weighted by Gasteiger charge is 2.25. The molecule has 13 heteroatoms. The molecule has 172 valence electrons. The van der Waals surface area contributed by atoms with Gasteiger partial charge in [0.1, 0.15) is 33.0 Å². The van der Waals surface area contributed by atoms with Crippen LogP contribution in [0.4, 0.5) is 5.82 Å². The standard InChI is InChI=1S/C20H20ClN7O3S2/c1-13-11-17(21)24-20(14(13)12-22)28-9-7-27(8-10-28)18(29)5-6-23-33(30,31)16-4-2-3-15-19(16)26-32-25-15/h2-4,11,23H,5-10H2,1H3. The Bertz CT molecular complexity index is 1350. The lowest BCUT2D eigenvalue weighted by Gasteiger charge is -2.36. The molecule has 1 aliphatic rings. The van der Waals surface area contributed by atoms with E-state index in [1.165, 1.54) is 6.07 Å². The summed E-state index contributed by atoms with van der Waals surface area (Å²) < 4.78 is 35.9. The fourth-order valence-corrected chi connectivity index (χ4v) is 5.72. The molecule has 0 saturated carbocycles. The maximum Gasteiger partial charge on any atom is 0.242 e. The number of benzene rings is 1. The van der Waals surface area contributed by atoms with Crippen LogP contribution in [0.15, 0.2) is 29.2 Å². The molecule has 1 N–H and O–H groups in total. The van der Waals surface area contributed by atoms with Gasteiger partial charge in [-0.1, -0.05) is 17.7 Å². The summed E-state index contributed by atoms with van der Waals surface area (Å²) in [7, 11) is -3.82. The minimum Gasteiger partial charge on any atom is -0.352 e. The number of pyridine rings is 1. The fourth-order valence-electron chi connectivity index (χ4n) is 3.68. The highest BCUT2D eigenvalue weighted by molar-refractivity contribution is 7.89. The van der Waals surface area contributed by atoms with Crippen molar-refractivity contribution in [2.75, 3.05) is 37.6 Å². The average molecular weight is 506 g/mol. The van der Waals surface area contributed by atoms with Crippen LogP contribution in [0, 0.1) is 18.3 Å². The van der Waals surface area contributed by atoms with E-state index in [1.54, 1.807) is 23.1 Å². The Kier molecular flexibility index (Phi) is 6.76. The average Bonchev–Trinajstić information content (AvgIpc) is 3.27. The first-order valence-corrected chi connectivity index (χ1v) is 12.7. The number of hydrogen-bond donors (Lipinski definition) is 1. The van der Waals surface area contributed by atoms with Crippen LogP contribution < -0.4 is 9.62 Å². The third kappa shape index (κ3) is 4.91. The van der Waals surface area contributed by atoms with E-state index in [2.05, 4.69) is 24.5 Å². The number of carbonyl (C=O) groups is 1. The molecule has 0 unspecified atom stereocenters. The van der Waals surface area contributed by atoms with Crippen LogP contribution in [0.5, 0.6) is 0 Å². The molecule has 3 heterocycles. The molecule has 0 atom stereocenters. The van der Waals surface area contributed by atoms with Crippen LogP contribution in [0.25, 0.3) is 11.0 Å². The Labute approximate surface area is 200 Å². The molecule has 1 saturated heterocycles. The smallest absolute Gasteiger partial charge is 0.242 e. The van der Waals surface area contributed by atoms with Gasteiger partial charge in [0.2, 0.25) is 15.9 Å². The maximum atomic E-state index is 12.7. The lowest BCUT2D eigenvalue weighted by Crippen LogP contribution is -2.49. The second kappa shape index (κ2) is 9.56. The summed E-state index contributed by atoms with van der Waals surface area (Å²) in [6, 6.07) is 8.59. The highest BCUT2D eigenvalue weighted by Crippen LogP contribution is 2.25. The van der Waals surface area contributed by atoms with Crippen molar-refractivity contribution < 1.29 is 13.2 Å². The summed E-state index contributed by atoms with van der Waals surface area (Å²) in [5.74, 6) is 0.370. The van der Waals surface area contributed by atoms with Crippen molar-refractivity contribution >= 4 is 56.1 Å². The Morgan fingerprint density at radius 2 is 2.03 bits per heavy atom. The van der Waals surface area contributed by atoms with Gasteiger partial charge >= 0.3 is 0 Å². The number of nitrogens with one attached hydrogen (secondary N) is 1. The van der Waals surface area contributed by atoms with Gasteiger partial charge in [0.05, 0.1) is 17.3 Å². The Morgan fingerprint density at radius 3 is 2.76 bits per heavy atom. The first kappa shape index (κ1) is 23.3. The van der Waals surface area contributed by atoms with Crippen molar-refractivity contribution in [2.24, 2.45) is 0 Å². The fraction of sp³-hybridized carbons (Fsp3) is 0.350. The molecule has 2 aromatic heterocycles. The molecule has 0 aliphatic carbocycles. The van der Waals surface area contributed by atoms with Crippen LogP contribution in [0.1, 0.15) is 17.5 Å². The molecular formula is C20H20ClN7O3S2. The van der Waals surface area contributed by atoms with E-state index in [0.29, 0.717) is 53.7 Å². The summed E-state index contributed by atoms with van der Waals surface area (Å²) in [6.45, 7) is 3.65. The molecule has 1 fully saturated rings. The van der Waals surface area contributed by atoms with E-state index in [1.807, 2.05) is 11.8 Å². The van der Waals surface area contributed by atoms with Gasteiger partial charge in [0.25, 0.3) is 0 Å². The van der Waals surface area contributed by atoms with Gasteiger partial charge in [0, 0.05) is 39.1 Å². The van der Waals surface area contributed by atoms with Gasteiger partial charge in [-0.05, 0) is 30.7 Å². The quantitative estimate of drug-likeness (QED) is 0.502. The number of aryl methyl sites for hydroxylation is 1. The van der Waals surface area contributed by atoms with Crippen LogP contribution in [0.3, 0.4) is 0 Å². The second-order valence-corrected chi connectivity index (χ2v) is 10.1. The number of nitriles is 1. The van der Waals surface area contributed by atoms with Crippen LogP contribution in [0.2, 0.25) is 5.15 Å². The number of amides is 1. The molecule has 1 aromatic carbocycles. The van der Waals surface area contributed by atoms with Crippen molar-refractivity contribution in [3.8, 4) is 6.07 Å². The first-order chi connectivity index (χ1) is 15.8. The minimum atomic E-state index is -3.82. The molecule has 1 aliphatic heterocycles. The number of fused-ring (bicyclic) bond motifs is 1. The number of rotatable bonds is 6. The molecule has 10 nitrogen and oxygen atoms in total. The van der Waals surface area contributed by atoms with Crippen LogP contribution in [-0.2, 0) is 14.8 Å². The predicted octanol–water partition coefficient (Wildman–Crippen LogP) is 1.94. The third-order valence-corrected chi connectivity index (χ3v) is 7.61. The molecule has 1 amide bonds. The van der Waals surface area contributed by atoms with Crippen molar-refractivity contribution in [1.82, 2.24) is 23.4 Å². The molecule has 3 aromatic rings. The SMILES string of the molecule is Cc1cc(Cl)nc(N2CCN(C(=O)CCNS(=O)(=O)c3cccc4nsnc34)CC2)c1C#N. The lowest BCUT2D eigenvalue weighted by molar-refractivity contribution is -0.131. The summed E-state index contributed by atoms with van der Waals surface area (Å²) in [4.78, 5) is 20.6. The first-order valence-electron chi connectivity index (χ1n) is 10.1. The number of hydrogen-bond acceptors (Lipinski definition) is 9. The molecule has 0 bridgehead atoms. The van der Waals surface area contributed by atoms with Crippen molar-refractivity contribution in [2.45, 2.75) is 18.2 Å². The van der Waals surface area contributed by atoms with Crippen LogP contribution in [-0.4, -0.2) is 65.7 Å². The van der Waals surface area contributed by atoms with E-state index in [-0.39, 0.29) is 23.8 Å². The van der Waals surface area contributed by atoms with Gasteiger partial charge in [0.15, 0.2) is 0 Å². The number of halogens is 1. The molecule has 0 spiro atoms. The van der Waals surface area contributed by atoms with Crippen LogP contribution >= 0.6 is 23.3 Å². The normalized spacial score (nSPS) is 14.5. The van der Waals surface area contributed by atoms with Gasteiger partial charge in [-0.3, -0.25) is 4.79 Å². The number of piperazine rings is 1. The van der Waals surface area contributed by atoms with Crippen molar-refractivity contribution in [3.05, 3.63) is 40.5 Å². The largest absolute Gasteiger partial charge is 0.352 e. The van der Waals surface area contributed by atoms with E-state index >= 15 is 0 Å². The Balaban J connectivity index is 1.33. The van der Waals surface area contributed by atoms with E-state index in [4.69, 9.17) is 11.6 Å². The summed E-state index contributed by atoms with van der Waals surface area (Å²) >= 11 is 7.01. The number of nitrogens with zero attached hydrogens (tertiary/aromatic N) is 6. The zero-order valence-electron chi connectivity index (χ0n) is 17.7. The second-order valence-electron chi connectivity index (χ2n) is 7.48. The summed E-state index contributed by atoms with van der Waals surface area (Å²) in [5.41, 5.74) is 2.06. The monoisotopic (exact) mass is 505 g/mol. The predicted molar refractivity (Wildman–Crippen MR) is 125 cm³/mol. The number of sulfonamides is 1. The topological polar surface area (TPSA) is 132 Å². The van der Waals surface area contributed by atoms with Gasteiger partial charge in [-0.2, -0.15) is 14.0 Å². The van der Waals surface area contributed by atoms with Crippen molar-refractivity contribution in [3.63, 3.8) is 0 Å². The summed E-state index contributed by atoms with van der Waals surface area (Å²) in [5, 5.41) is 9.78. The van der Waals surface area contributed by atoms with Crippen molar-refractivity contribution in [1.29, 1.82) is 5.26 Å². The van der Waals surface area contributed by atoms with Gasteiger partial charge < -0.3 is 9.80 Å². The van der Waals surface area contributed by atoms with E-state index < -0.39 is 10.0 Å². The maximum absolute atomic E-state index is 12.7. The molecule has 33 heavy (non-hydrogen) atoms. The lowest BCUT2D eigenvalue weighted by atomic mass is 10.1. The van der Waals surface area contributed by atoms with Gasteiger partial charge in [-0.25, -0.2) is 18.1 Å². The number of carbonyl (C=O) groups excluding carboxylic acids is 1. The Hall–Kier alpha value is -2.85. The number of aromatic nitrogens is 3. The molecule has 4 rings (SSSR count). The highest BCUT2D eigenvalue weighted by atomic mass is 35.5. The van der Waals surface area contributed by atoms with E-state index in [0.717, 1.165) is 17.3 Å². The zero-order valence-corrected chi connectivity index (χ0v) is 20.0. The summed E-state index contributed by atoms with van der Waals surface area (Å²) in [6.07, 6.45) is 0.0302. The molecular weight excluding hydrogens is 486 g/mol.